The molecule has 1 unspecified atom stereocenters. The molecule has 2 rings (SSSR count). The van der Waals surface area contributed by atoms with Crippen LogP contribution in [-0.4, -0.2) is 34.8 Å². The van der Waals surface area contributed by atoms with Crippen LogP contribution >= 0.6 is 0 Å². The summed E-state index contributed by atoms with van der Waals surface area (Å²) < 4.78 is 1.94. The van der Waals surface area contributed by atoms with E-state index in [1.54, 1.807) is 0 Å². The van der Waals surface area contributed by atoms with E-state index < -0.39 is 0 Å². The van der Waals surface area contributed by atoms with Crippen molar-refractivity contribution in [2.24, 2.45) is 5.92 Å². The maximum atomic E-state index is 5.54. The van der Waals surface area contributed by atoms with Crippen molar-refractivity contribution in [1.29, 1.82) is 0 Å². The van der Waals surface area contributed by atoms with E-state index in [4.69, 9.17) is 5.73 Å². The summed E-state index contributed by atoms with van der Waals surface area (Å²) in [7, 11) is 2.16. The second-order valence-corrected chi connectivity index (χ2v) is 3.88. The Morgan fingerprint density at radius 3 is 3.08 bits per heavy atom. The van der Waals surface area contributed by atoms with Crippen molar-refractivity contribution in [3.8, 4) is 0 Å². The summed E-state index contributed by atoms with van der Waals surface area (Å²) in [6, 6.07) is 1.85. The van der Waals surface area contributed by atoms with Gasteiger partial charge in [0.2, 0.25) is 0 Å². The Morgan fingerprint density at radius 1 is 1.69 bits per heavy atom. The lowest BCUT2D eigenvalue weighted by Gasteiger charge is -2.09. The summed E-state index contributed by atoms with van der Waals surface area (Å²) >= 11 is 0. The molecule has 2 N–H and O–H groups in total. The first-order valence-corrected chi connectivity index (χ1v) is 4.71. The molecule has 1 aliphatic rings. The van der Waals surface area contributed by atoms with E-state index in [-0.39, 0.29) is 0 Å². The van der Waals surface area contributed by atoms with Crippen LogP contribution in [0.2, 0.25) is 0 Å². The molecule has 1 fully saturated rings. The van der Waals surface area contributed by atoms with Crippen LogP contribution in [0.25, 0.3) is 0 Å². The molecule has 0 bridgehead atoms. The van der Waals surface area contributed by atoms with Crippen molar-refractivity contribution in [2.45, 2.75) is 13.0 Å². The fraction of sp³-hybridized carbons (Fsp3) is 0.667. The first-order valence-electron chi connectivity index (χ1n) is 4.71. The van der Waals surface area contributed by atoms with E-state index in [1.807, 2.05) is 16.9 Å². The van der Waals surface area contributed by atoms with E-state index in [2.05, 4.69) is 17.0 Å². The van der Waals surface area contributed by atoms with Crippen molar-refractivity contribution >= 4 is 5.82 Å². The highest BCUT2D eigenvalue weighted by molar-refractivity contribution is 5.23. The number of hydrogen-bond donors (Lipinski definition) is 1. The fourth-order valence-electron chi connectivity index (χ4n) is 1.92. The number of nitrogen functional groups attached to an aromatic ring is 1. The van der Waals surface area contributed by atoms with Gasteiger partial charge in [-0.15, -0.1) is 0 Å². The normalized spacial score (nSPS) is 23.9. The number of hydrogen-bond acceptors (Lipinski definition) is 3. The summed E-state index contributed by atoms with van der Waals surface area (Å²) in [4.78, 5) is 2.36. The standard InChI is InChI=1S/C9H16N4/c1-12-4-2-8(6-12)7-13-5-3-9(10)11-13/h3,5,8H,2,4,6-7H2,1H3,(H2,10,11). The van der Waals surface area contributed by atoms with Gasteiger partial charge in [0.1, 0.15) is 5.82 Å². The van der Waals surface area contributed by atoms with Crippen molar-refractivity contribution < 1.29 is 0 Å². The molecule has 1 aliphatic heterocycles. The van der Waals surface area contributed by atoms with Crippen molar-refractivity contribution in [2.75, 3.05) is 25.9 Å². The smallest absolute Gasteiger partial charge is 0.145 e. The average molecular weight is 180 g/mol. The summed E-state index contributed by atoms with van der Waals surface area (Å²) in [6.45, 7) is 3.39. The second-order valence-electron chi connectivity index (χ2n) is 3.88. The van der Waals surface area contributed by atoms with E-state index in [9.17, 15) is 0 Å². The largest absolute Gasteiger partial charge is 0.382 e. The molecule has 0 spiro atoms. The van der Waals surface area contributed by atoms with Crippen LogP contribution < -0.4 is 5.73 Å². The molecule has 1 aromatic rings. The van der Waals surface area contributed by atoms with Gasteiger partial charge in [0.05, 0.1) is 0 Å². The SMILES string of the molecule is CN1CCC(Cn2ccc(N)n2)C1. The Morgan fingerprint density at radius 2 is 2.54 bits per heavy atom. The third kappa shape index (κ3) is 2.01. The Bertz CT molecular complexity index is 281. The maximum Gasteiger partial charge on any atom is 0.145 e. The third-order valence-electron chi connectivity index (χ3n) is 2.60. The summed E-state index contributed by atoms with van der Waals surface area (Å²) in [6.07, 6.45) is 3.23. The van der Waals surface area contributed by atoms with Crippen molar-refractivity contribution in [1.82, 2.24) is 14.7 Å². The van der Waals surface area contributed by atoms with Gasteiger partial charge >= 0.3 is 0 Å². The number of aromatic nitrogens is 2. The molecule has 2 heterocycles. The van der Waals surface area contributed by atoms with Gasteiger partial charge in [0, 0.05) is 19.3 Å². The van der Waals surface area contributed by atoms with E-state index in [0.717, 1.165) is 12.5 Å². The van der Waals surface area contributed by atoms with E-state index in [0.29, 0.717) is 5.82 Å². The number of anilines is 1. The van der Waals surface area contributed by atoms with Gasteiger partial charge in [-0.25, -0.2) is 0 Å². The fourth-order valence-corrected chi connectivity index (χ4v) is 1.92. The van der Waals surface area contributed by atoms with Crippen LogP contribution in [0.4, 0.5) is 5.82 Å². The van der Waals surface area contributed by atoms with Gasteiger partial charge < -0.3 is 10.6 Å². The molecule has 13 heavy (non-hydrogen) atoms. The third-order valence-corrected chi connectivity index (χ3v) is 2.60. The van der Waals surface area contributed by atoms with Gasteiger partial charge in [-0.05, 0) is 32.0 Å². The van der Waals surface area contributed by atoms with Gasteiger partial charge in [-0.1, -0.05) is 0 Å². The minimum absolute atomic E-state index is 0.617. The molecule has 0 aromatic carbocycles. The molecule has 0 amide bonds. The van der Waals surface area contributed by atoms with Gasteiger partial charge in [-0.3, -0.25) is 4.68 Å². The second kappa shape index (κ2) is 3.38. The van der Waals surface area contributed by atoms with Crippen LogP contribution in [0.3, 0.4) is 0 Å². The monoisotopic (exact) mass is 180 g/mol. The molecular weight excluding hydrogens is 164 g/mol. The molecule has 1 saturated heterocycles. The zero-order chi connectivity index (χ0) is 9.26. The average Bonchev–Trinajstić information content (AvgIpc) is 2.62. The van der Waals surface area contributed by atoms with Crippen LogP contribution in [0, 0.1) is 5.92 Å². The zero-order valence-electron chi connectivity index (χ0n) is 7.98. The molecule has 0 saturated carbocycles. The molecule has 1 atom stereocenters. The maximum absolute atomic E-state index is 5.54. The molecule has 1 aromatic heterocycles. The molecule has 4 heteroatoms. The highest BCUT2D eigenvalue weighted by Gasteiger charge is 2.19. The highest BCUT2D eigenvalue weighted by atomic mass is 15.3. The summed E-state index contributed by atoms with van der Waals surface area (Å²) in [5, 5.41) is 4.18. The lowest BCUT2D eigenvalue weighted by Crippen LogP contribution is -2.17. The number of nitrogens with two attached hydrogens (primary N) is 1. The number of nitrogens with zero attached hydrogens (tertiary/aromatic N) is 3. The van der Waals surface area contributed by atoms with Crippen LogP contribution in [-0.2, 0) is 6.54 Å². The van der Waals surface area contributed by atoms with Crippen LogP contribution in [0.1, 0.15) is 6.42 Å². The molecular formula is C9H16N4. The molecule has 4 nitrogen and oxygen atoms in total. The summed E-state index contributed by atoms with van der Waals surface area (Å²) in [5.74, 6) is 1.36. The Labute approximate surface area is 78.3 Å². The topological polar surface area (TPSA) is 47.1 Å². The minimum atomic E-state index is 0.617. The first kappa shape index (κ1) is 8.56. The predicted molar refractivity (Wildman–Crippen MR) is 52.2 cm³/mol. The first-order chi connectivity index (χ1) is 6.24. The van der Waals surface area contributed by atoms with Gasteiger partial charge in [0.15, 0.2) is 0 Å². The number of likely N-dealkylation sites (tertiary alicyclic amines) is 1. The Hall–Kier alpha value is -1.03. The van der Waals surface area contributed by atoms with Gasteiger partial charge in [-0.2, -0.15) is 5.10 Å². The van der Waals surface area contributed by atoms with Crippen molar-refractivity contribution in [3.63, 3.8) is 0 Å². The van der Waals surface area contributed by atoms with E-state index in [1.165, 1.54) is 19.5 Å². The molecule has 0 radical (unpaired) electrons. The minimum Gasteiger partial charge on any atom is -0.382 e. The molecule has 72 valence electrons. The number of rotatable bonds is 2. The Balaban J connectivity index is 1.91. The lowest BCUT2D eigenvalue weighted by molar-refractivity contribution is 0.370. The van der Waals surface area contributed by atoms with Crippen molar-refractivity contribution in [3.05, 3.63) is 12.3 Å². The molecule has 0 aliphatic carbocycles. The summed E-state index contributed by atoms with van der Waals surface area (Å²) in [5.41, 5.74) is 5.54. The van der Waals surface area contributed by atoms with E-state index >= 15 is 0 Å². The van der Waals surface area contributed by atoms with Gasteiger partial charge in [0.25, 0.3) is 0 Å². The van der Waals surface area contributed by atoms with Crippen LogP contribution in [0.5, 0.6) is 0 Å². The lowest BCUT2D eigenvalue weighted by atomic mass is 10.1. The Kier molecular flexibility index (Phi) is 2.22. The zero-order valence-corrected chi connectivity index (χ0v) is 7.98. The van der Waals surface area contributed by atoms with Crippen LogP contribution in [0.15, 0.2) is 12.3 Å². The predicted octanol–water partition coefficient (Wildman–Crippen LogP) is 0.417. The quantitative estimate of drug-likeness (QED) is 0.717. The highest BCUT2D eigenvalue weighted by Crippen LogP contribution is 2.16.